The summed E-state index contributed by atoms with van der Waals surface area (Å²) in [5.41, 5.74) is 3.13. The Bertz CT molecular complexity index is 653. The van der Waals surface area contributed by atoms with Crippen LogP contribution in [-0.4, -0.2) is 20.6 Å². The maximum atomic E-state index is 11.0. The Hall–Kier alpha value is -1.88. The lowest BCUT2D eigenvalue weighted by molar-refractivity contribution is -0.132. The number of hydrogen-bond donors (Lipinski definition) is 1. The number of fused-ring (bicyclic) bond motifs is 1. The summed E-state index contributed by atoms with van der Waals surface area (Å²) in [7, 11) is 0. The molecule has 1 N–H and O–H groups in total. The summed E-state index contributed by atoms with van der Waals surface area (Å²) in [6.07, 6.45) is 8.80. The molecule has 19 heavy (non-hydrogen) atoms. The number of nitrogens with zero attached hydrogens (tertiary/aromatic N) is 2. The van der Waals surface area contributed by atoms with Gasteiger partial charge in [0, 0.05) is 27.7 Å². The van der Waals surface area contributed by atoms with Gasteiger partial charge in [0.25, 0.3) is 0 Å². The zero-order chi connectivity index (χ0) is 13.4. The number of hydrogen-bond acceptors (Lipinski definition) is 3. The molecule has 0 amide bonds. The highest BCUT2D eigenvalue weighted by atomic mass is 32.1. The van der Waals surface area contributed by atoms with Gasteiger partial charge in [-0.1, -0.05) is 0 Å². The first-order chi connectivity index (χ1) is 9.15. The van der Waals surface area contributed by atoms with Gasteiger partial charge >= 0.3 is 5.97 Å². The van der Waals surface area contributed by atoms with Crippen LogP contribution >= 0.6 is 11.3 Å². The minimum Gasteiger partial charge on any atom is -0.478 e. The molecule has 5 heteroatoms. The van der Waals surface area contributed by atoms with E-state index < -0.39 is 5.97 Å². The van der Waals surface area contributed by atoms with Gasteiger partial charge in [0.2, 0.25) is 0 Å². The van der Waals surface area contributed by atoms with Crippen LogP contribution in [0.5, 0.6) is 0 Å². The molecule has 0 saturated carbocycles. The number of rotatable bonds is 3. The molecule has 0 bridgehead atoms. The van der Waals surface area contributed by atoms with Crippen molar-refractivity contribution in [3.8, 4) is 0 Å². The smallest absolute Gasteiger partial charge is 0.331 e. The first-order valence-electron chi connectivity index (χ1n) is 6.16. The minimum absolute atomic E-state index is 0.517. The number of carbonyl (C=O) groups is 1. The van der Waals surface area contributed by atoms with Crippen molar-refractivity contribution in [2.75, 3.05) is 0 Å². The number of imidazole rings is 1. The van der Waals surface area contributed by atoms with Crippen LogP contribution in [0.15, 0.2) is 24.3 Å². The van der Waals surface area contributed by atoms with E-state index in [1.807, 2.05) is 16.8 Å². The minimum atomic E-state index is -0.798. The molecule has 0 radical (unpaired) electrons. The monoisotopic (exact) mass is 274 g/mol. The van der Waals surface area contributed by atoms with E-state index in [9.17, 15) is 4.79 Å². The van der Waals surface area contributed by atoms with Crippen LogP contribution < -0.4 is 0 Å². The van der Waals surface area contributed by atoms with E-state index in [0.717, 1.165) is 17.8 Å². The highest BCUT2D eigenvalue weighted by Crippen LogP contribution is 2.35. The van der Waals surface area contributed by atoms with Crippen LogP contribution in [0, 0.1) is 6.92 Å². The van der Waals surface area contributed by atoms with Gasteiger partial charge in [0.15, 0.2) is 0 Å². The summed E-state index contributed by atoms with van der Waals surface area (Å²) in [6.45, 7) is 2.93. The van der Waals surface area contributed by atoms with E-state index in [1.54, 1.807) is 23.9 Å². The molecule has 0 atom stereocenters. The Morgan fingerprint density at radius 2 is 2.37 bits per heavy atom. The standard InChI is InChI=1S/C14H14N2O2S/c1-9-11-3-2-10(14(17)18)6-12(11)19-13(9)7-16-5-4-15-8-16/h4-6,8H,2-3,7H2,1H3,(H,17,18). The van der Waals surface area contributed by atoms with Crippen LogP contribution in [-0.2, 0) is 17.8 Å². The van der Waals surface area contributed by atoms with Gasteiger partial charge in [0.1, 0.15) is 0 Å². The molecule has 1 aliphatic carbocycles. The van der Waals surface area contributed by atoms with Gasteiger partial charge in [0.05, 0.1) is 12.9 Å². The molecule has 3 rings (SSSR count). The summed E-state index contributed by atoms with van der Waals surface area (Å²) in [6, 6.07) is 0. The molecule has 0 saturated heterocycles. The second-order valence-corrected chi connectivity index (χ2v) is 5.84. The van der Waals surface area contributed by atoms with Gasteiger partial charge < -0.3 is 9.67 Å². The fraction of sp³-hybridized carbons (Fsp3) is 0.286. The zero-order valence-electron chi connectivity index (χ0n) is 10.6. The molecule has 0 fully saturated rings. The Kier molecular flexibility index (Phi) is 2.98. The van der Waals surface area contributed by atoms with Crippen LogP contribution in [0.2, 0.25) is 0 Å². The van der Waals surface area contributed by atoms with Crippen molar-refractivity contribution in [1.82, 2.24) is 9.55 Å². The summed E-state index contributed by atoms with van der Waals surface area (Å²) in [4.78, 5) is 17.5. The molecule has 4 nitrogen and oxygen atoms in total. The Balaban J connectivity index is 1.96. The maximum absolute atomic E-state index is 11.0. The predicted octanol–water partition coefficient (Wildman–Crippen LogP) is 2.72. The Morgan fingerprint density at radius 1 is 1.53 bits per heavy atom. The first-order valence-corrected chi connectivity index (χ1v) is 6.97. The van der Waals surface area contributed by atoms with Gasteiger partial charge in [-0.2, -0.15) is 0 Å². The molecule has 0 aliphatic heterocycles. The van der Waals surface area contributed by atoms with Crippen molar-refractivity contribution < 1.29 is 9.90 Å². The number of aliphatic carboxylic acids is 1. The van der Waals surface area contributed by atoms with Crippen molar-refractivity contribution in [2.45, 2.75) is 26.3 Å². The van der Waals surface area contributed by atoms with Crippen LogP contribution in [0.1, 0.15) is 27.3 Å². The number of carboxylic acid groups (broad SMARTS) is 1. The van der Waals surface area contributed by atoms with Crippen LogP contribution in [0.4, 0.5) is 0 Å². The van der Waals surface area contributed by atoms with Crippen molar-refractivity contribution in [1.29, 1.82) is 0 Å². The molecule has 0 unspecified atom stereocenters. The third-order valence-electron chi connectivity index (χ3n) is 3.51. The quantitative estimate of drug-likeness (QED) is 0.936. The zero-order valence-corrected chi connectivity index (χ0v) is 11.4. The third kappa shape index (κ3) is 2.21. The van der Waals surface area contributed by atoms with Crippen molar-refractivity contribution in [3.05, 3.63) is 45.2 Å². The van der Waals surface area contributed by atoms with Crippen molar-refractivity contribution in [2.24, 2.45) is 0 Å². The lowest BCUT2D eigenvalue weighted by Crippen LogP contribution is -2.06. The van der Waals surface area contributed by atoms with Gasteiger partial charge in [-0.3, -0.25) is 0 Å². The molecule has 98 valence electrons. The molecule has 1 aliphatic rings. The summed E-state index contributed by atoms with van der Waals surface area (Å²) in [5.74, 6) is -0.798. The van der Waals surface area contributed by atoms with E-state index in [2.05, 4.69) is 11.9 Å². The Labute approximate surface area is 115 Å². The maximum Gasteiger partial charge on any atom is 0.331 e. The summed E-state index contributed by atoms with van der Waals surface area (Å²) >= 11 is 1.69. The van der Waals surface area contributed by atoms with E-state index in [4.69, 9.17) is 5.11 Å². The molecule has 2 aromatic rings. The topological polar surface area (TPSA) is 55.1 Å². The highest BCUT2D eigenvalue weighted by molar-refractivity contribution is 7.13. The largest absolute Gasteiger partial charge is 0.478 e. The van der Waals surface area contributed by atoms with Gasteiger partial charge in [-0.15, -0.1) is 11.3 Å². The Morgan fingerprint density at radius 3 is 3.05 bits per heavy atom. The summed E-state index contributed by atoms with van der Waals surface area (Å²) in [5, 5.41) is 9.07. The molecule has 2 aromatic heterocycles. The second kappa shape index (κ2) is 4.66. The van der Waals surface area contributed by atoms with Crippen LogP contribution in [0.25, 0.3) is 6.08 Å². The van der Waals surface area contributed by atoms with E-state index in [0.29, 0.717) is 12.0 Å². The lowest BCUT2D eigenvalue weighted by atomic mass is 9.95. The summed E-state index contributed by atoms with van der Waals surface area (Å²) < 4.78 is 2.03. The fourth-order valence-electron chi connectivity index (χ4n) is 2.41. The molecule has 0 spiro atoms. The molecule has 2 heterocycles. The average molecular weight is 274 g/mol. The lowest BCUT2D eigenvalue weighted by Gasteiger charge is -2.10. The van der Waals surface area contributed by atoms with E-state index in [-0.39, 0.29) is 0 Å². The first kappa shape index (κ1) is 12.2. The van der Waals surface area contributed by atoms with Gasteiger partial charge in [-0.25, -0.2) is 9.78 Å². The number of thiophene rings is 1. The molecular weight excluding hydrogens is 260 g/mol. The van der Waals surface area contributed by atoms with E-state index >= 15 is 0 Å². The third-order valence-corrected chi connectivity index (χ3v) is 4.78. The molecule has 0 aromatic carbocycles. The van der Waals surface area contributed by atoms with Crippen molar-refractivity contribution >= 4 is 23.4 Å². The number of carboxylic acids is 1. The SMILES string of the molecule is Cc1c(Cn2ccnc2)sc2c1CCC(C(=O)O)=C2. The molecular formula is C14H14N2O2S. The fourth-order valence-corrected chi connectivity index (χ4v) is 3.74. The highest BCUT2D eigenvalue weighted by Gasteiger charge is 2.21. The van der Waals surface area contributed by atoms with E-state index in [1.165, 1.54) is 16.0 Å². The normalized spacial score (nSPS) is 14.1. The van der Waals surface area contributed by atoms with Crippen molar-refractivity contribution in [3.63, 3.8) is 0 Å². The van der Waals surface area contributed by atoms with Gasteiger partial charge in [-0.05, 0) is 37.0 Å². The average Bonchev–Trinajstić information content (AvgIpc) is 2.99. The van der Waals surface area contributed by atoms with Crippen LogP contribution in [0.3, 0.4) is 0 Å². The number of aromatic nitrogens is 2. The second-order valence-electron chi connectivity index (χ2n) is 4.70. The predicted molar refractivity (Wildman–Crippen MR) is 74.3 cm³/mol.